The molecule has 2 atom stereocenters. The molecule has 40 heavy (non-hydrogen) atoms. The Bertz CT molecular complexity index is 1580. The van der Waals surface area contributed by atoms with E-state index in [1.165, 1.54) is 38.2 Å². The minimum absolute atomic E-state index is 0.0448. The predicted molar refractivity (Wildman–Crippen MR) is 170 cm³/mol. The van der Waals surface area contributed by atoms with Crippen LogP contribution < -0.4 is 15.9 Å². The van der Waals surface area contributed by atoms with Gasteiger partial charge in [0.2, 0.25) is 5.90 Å². The molecule has 0 aromatic heterocycles. The van der Waals surface area contributed by atoms with E-state index >= 15 is 0 Å². The van der Waals surface area contributed by atoms with Crippen molar-refractivity contribution in [2.75, 3.05) is 6.61 Å². The first kappa shape index (κ1) is 25.7. The van der Waals surface area contributed by atoms with Crippen LogP contribution >= 0.6 is 7.92 Å². The van der Waals surface area contributed by atoms with Gasteiger partial charge in [-0.1, -0.05) is 119 Å². The number of hydrogen-bond donors (Lipinski definition) is 0. The Kier molecular flexibility index (Phi) is 5.88. The highest BCUT2D eigenvalue weighted by molar-refractivity contribution is 7.79. The van der Waals surface area contributed by atoms with Crippen molar-refractivity contribution in [3.8, 4) is 0 Å². The van der Waals surface area contributed by atoms with Crippen LogP contribution in [0.15, 0.2) is 102 Å². The van der Waals surface area contributed by atoms with E-state index in [1.807, 2.05) is 0 Å². The normalized spacial score (nSPS) is 23.6. The Morgan fingerprint density at radius 3 is 1.77 bits per heavy atom. The third kappa shape index (κ3) is 3.83. The molecule has 1 heterocycles. The van der Waals surface area contributed by atoms with Gasteiger partial charge in [0.15, 0.2) is 0 Å². The van der Waals surface area contributed by atoms with E-state index in [4.69, 9.17) is 9.73 Å². The van der Waals surface area contributed by atoms with Crippen molar-refractivity contribution in [2.24, 2.45) is 4.99 Å². The minimum Gasteiger partial charge on any atom is -0.475 e. The predicted octanol–water partition coefficient (Wildman–Crippen LogP) is 7.26. The van der Waals surface area contributed by atoms with Gasteiger partial charge >= 0.3 is 0 Å². The third-order valence-corrected chi connectivity index (χ3v) is 11.8. The molecule has 0 unspecified atom stereocenters. The maximum Gasteiger partial charge on any atom is 0.216 e. The molecule has 0 radical (unpaired) electrons. The first-order valence-electron chi connectivity index (χ1n) is 14.6. The van der Waals surface area contributed by atoms with Gasteiger partial charge in [0, 0.05) is 11.0 Å². The lowest BCUT2D eigenvalue weighted by molar-refractivity contribution is 0.322. The van der Waals surface area contributed by atoms with Crippen molar-refractivity contribution in [3.05, 3.63) is 125 Å². The lowest BCUT2D eigenvalue weighted by Crippen LogP contribution is -2.34. The van der Waals surface area contributed by atoms with E-state index in [1.54, 1.807) is 5.56 Å². The number of nitrogens with zero attached hydrogens (tertiary/aromatic N) is 1. The van der Waals surface area contributed by atoms with Crippen molar-refractivity contribution >= 4 is 29.7 Å². The van der Waals surface area contributed by atoms with Crippen LogP contribution in [0.25, 0.3) is 0 Å². The van der Waals surface area contributed by atoms with E-state index in [-0.39, 0.29) is 22.3 Å². The number of benzene rings is 4. The average molecular weight is 544 g/mol. The fourth-order valence-electron chi connectivity index (χ4n) is 8.05. The molecule has 0 fully saturated rings. The maximum atomic E-state index is 6.26. The van der Waals surface area contributed by atoms with Crippen LogP contribution in [0.1, 0.15) is 75.3 Å². The number of rotatable bonds is 4. The Morgan fingerprint density at radius 1 is 0.675 bits per heavy atom. The van der Waals surface area contributed by atoms with E-state index < -0.39 is 7.92 Å². The molecular weight excluding hydrogens is 505 g/mol. The summed E-state index contributed by atoms with van der Waals surface area (Å²) in [7, 11) is -0.741. The molecule has 2 aliphatic carbocycles. The lowest BCUT2D eigenvalue weighted by atomic mass is 9.71. The van der Waals surface area contributed by atoms with E-state index in [9.17, 15) is 0 Å². The second kappa shape index (κ2) is 9.15. The molecule has 3 aliphatic rings. The summed E-state index contributed by atoms with van der Waals surface area (Å²) in [5.41, 5.74) is 7.18. The molecule has 3 heteroatoms. The molecular formula is C37H38NOP. The monoisotopic (exact) mass is 543 g/mol. The molecule has 1 spiro atoms. The molecule has 1 aliphatic heterocycles. The summed E-state index contributed by atoms with van der Waals surface area (Å²) >= 11 is 0. The standard InChI is InChI=1S/C37H38NOP/c1-25-22-39-34(38-25)28-18-12-19-29-32(28)37(23-35(29,2)3)24-36(4,5)30-20-13-21-31(33(30)37)40(26-14-8-6-9-15-26)27-16-10-7-11-17-27/h6-21,25H,22-24H2,1-5H3/t25-,37+/m0/s1. The van der Waals surface area contributed by atoms with Gasteiger partial charge in [-0.2, -0.15) is 0 Å². The van der Waals surface area contributed by atoms with Gasteiger partial charge in [-0.05, 0) is 82.8 Å². The average Bonchev–Trinajstić information content (AvgIpc) is 3.55. The van der Waals surface area contributed by atoms with Crippen molar-refractivity contribution in [3.63, 3.8) is 0 Å². The summed E-state index contributed by atoms with van der Waals surface area (Å²) in [6.07, 6.45) is 2.19. The quantitative estimate of drug-likeness (QED) is 0.248. The Hall–Kier alpha value is -3.22. The summed E-state index contributed by atoms with van der Waals surface area (Å²) in [5.74, 6) is 0.832. The summed E-state index contributed by atoms with van der Waals surface area (Å²) in [4.78, 5) is 4.98. The van der Waals surface area contributed by atoms with Crippen molar-refractivity contribution < 1.29 is 4.74 Å². The first-order chi connectivity index (χ1) is 19.2. The van der Waals surface area contributed by atoms with E-state index in [0.29, 0.717) is 6.61 Å². The molecule has 202 valence electrons. The van der Waals surface area contributed by atoms with Gasteiger partial charge in [0.25, 0.3) is 0 Å². The second-order valence-corrected chi connectivity index (χ2v) is 15.4. The number of ether oxygens (including phenoxy) is 1. The topological polar surface area (TPSA) is 21.6 Å². The molecule has 4 aromatic rings. The van der Waals surface area contributed by atoms with Gasteiger partial charge in [-0.15, -0.1) is 0 Å². The maximum absolute atomic E-state index is 6.26. The first-order valence-corrected chi connectivity index (χ1v) is 15.9. The summed E-state index contributed by atoms with van der Waals surface area (Å²) in [5, 5.41) is 4.30. The molecule has 0 saturated carbocycles. The highest BCUT2D eigenvalue weighted by Crippen LogP contribution is 2.64. The second-order valence-electron chi connectivity index (χ2n) is 13.2. The van der Waals surface area contributed by atoms with E-state index in [2.05, 4.69) is 132 Å². The number of fused-ring (bicyclic) bond motifs is 4. The zero-order chi connectivity index (χ0) is 27.7. The van der Waals surface area contributed by atoms with Crippen LogP contribution in [0.4, 0.5) is 0 Å². The van der Waals surface area contributed by atoms with Gasteiger partial charge in [0.05, 0.1) is 6.04 Å². The van der Waals surface area contributed by atoms with Crippen molar-refractivity contribution in [1.82, 2.24) is 0 Å². The van der Waals surface area contributed by atoms with Gasteiger partial charge < -0.3 is 4.74 Å². The lowest BCUT2D eigenvalue weighted by Gasteiger charge is -2.34. The summed E-state index contributed by atoms with van der Waals surface area (Å²) < 4.78 is 6.26. The zero-order valence-electron chi connectivity index (χ0n) is 24.2. The SMILES string of the molecule is C[C@H]1COC(c2cccc3c2[C@@]2(CC3(C)C)CC(C)(C)c3cccc(P(c4ccccc4)c4ccccc4)c32)=N1. The smallest absolute Gasteiger partial charge is 0.216 e. The van der Waals surface area contributed by atoms with E-state index in [0.717, 1.165) is 18.7 Å². The van der Waals surface area contributed by atoms with Gasteiger partial charge in [-0.25, -0.2) is 4.99 Å². The van der Waals surface area contributed by atoms with Crippen LogP contribution in [0.2, 0.25) is 0 Å². The summed E-state index contributed by atoms with van der Waals surface area (Å²) in [6.45, 7) is 12.6. The molecule has 0 amide bonds. The fourth-order valence-corrected chi connectivity index (χ4v) is 10.6. The Balaban J connectivity index is 1.55. The number of aliphatic imine (C=N–C) groups is 1. The van der Waals surface area contributed by atoms with Crippen LogP contribution in [0, 0.1) is 0 Å². The summed E-state index contributed by atoms with van der Waals surface area (Å²) in [6, 6.07) is 36.6. The van der Waals surface area contributed by atoms with Crippen LogP contribution in [0.5, 0.6) is 0 Å². The minimum atomic E-state index is -0.741. The van der Waals surface area contributed by atoms with Crippen LogP contribution in [-0.4, -0.2) is 18.5 Å². The fraction of sp³-hybridized carbons (Fsp3) is 0.324. The molecule has 0 N–H and O–H groups in total. The molecule has 7 rings (SSSR count). The molecule has 0 bridgehead atoms. The molecule has 2 nitrogen and oxygen atoms in total. The van der Waals surface area contributed by atoms with Crippen LogP contribution in [0.3, 0.4) is 0 Å². The zero-order valence-corrected chi connectivity index (χ0v) is 25.1. The highest BCUT2D eigenvalue weighted by atomic mass is 31.1. The highest BCUT2D eigenvalue weighted by Gasteiger charge is 2.58. The van der Waals surface area contributed by atoms with Crippen LogP contribution in [-0.2, 0) is 21.0 Å². The van der Waals surface area contributed by atoms with Crippen molar-refractivity contribution in [2.45, 2.75) is 69.7 Å². The largest absolute Gasteiger partial charge is 0.475 e. The Labute approximate surface area is 240 Å². The molecule has 0 saturated heterocycles. The number of hydrogen-bond acceptors (Lipinski definition) is 2. The Morgan fingerprint density at radius 2 is 1.23 bits per heavy atom. The third-order valence-electron chi connectivity index (χ3n) is 9.31. The van der Waals surface area contributed by atoms with Gasteiger partial charge in [0.1, 0.15) is 6.61 Å². The molecule has 4 aromatic carbocycles. The van der Waals surface area contributed by atoms with Crippen molar-refractivity contribution in [1.29, 1.82) is 0 Å². The van der Waals surface area contributed by atoms with Gasteiger partial charge in [-0.3, -0.25) is 0 Å².